The van der Waals surface area contributed by atoms with Crippen LogP contribution in [0.1, 0.15) is 21.8 Å². The minimum absolute atomic E-state index is 0.184. The van der Waals surface area contributed by atoms with Gasteiger partial charge in [-0.05, 0) is 24.9 Å². The number of ether oxygens (including phenoxy) is 2. The number of nitrogen functional groups attached to an aromatic ring is 1. The van der Waals surface area contributed by atoms with E-state index in [9.17, 15) is 4.79 Å². The first-order valence-corrected chi connectivity index (χ1v) is 7.11. The number of carbonyl (C=O) groups is 1. The highest BCUT2D eigenvalue weighted by Crippen LogP contribution is 2.20. The van der Waals surface area contributed by atoms with Crippen LogP contribution in [0.15, 0.2) is 0 Å². The number of carbonyl (C=O) groups excluding carboxylic acids is 1. The molecule has 0 spiro atoms. The molecule has 0 saturated carbocycles. The van der Waals surface area contributed by atoms with Gasteiger partial charge in [-0.1, -0.05) is 0 Å². The molecule has 0 aliphatic carbocycles. The number of nitrogens with zero attached hydrogens (tertiary/aromatic N) is 1. The number of hydrogen-bond donors (Lipinski definition) is 2. The summed E-state index contributed by atoms with van der Waals surface area (Å²) in [5, 5.41) is 2.77. The molecule has 6 nitrogen and oxygen atoms in total. The van der Waals surface area contributed by atoms with Crippen LogP contribution in [0.25, 0.3) is 0 Å². The van der Waals surface area contributed by atoms with Crippen molar-refractivity contribution in [1.29, 1.82) is 0 Å². The molecule has 2 heterocycles. The fourth-order valence-corrected chi connectivity index (χ4v) is 2.55. The average Bonchev–Trinajstić information content (AvgIpc) is 3.01. The molecular weight excluding hydrogens is 266 g/mol. The van der Waals surface area contributed by atoms with Gasteiger partial charge in [-0.3, -0.25) is 4.79 Å². The average molecular weight is 285 g/mol. The molecule has 1 aliphatic heterocycles. The van der Waals surface area contributed by atoms with E-state index in [4.69, 9.17) is 15.2 Å². The Hall–Kier alpha value is -1.18. The lowest BCUT2D eigenvalue weighted by Gasteiger charge is -2.09. The second-order valence-electron chi connectivity index (χ2n) is 4.57. The van der Waals surface area contributed by atoms with Crippen LogP contribution in [0, 0.1) is 12.8 Å². The molecule has 106 valence electrons. The maximum absolute atomic E-state index is 11.8. The van der Waals surface area contributed by atoms with Gasteiger partial charge in [0.15, 0.2) is 0 Å². The first kappa shape index (κ1) is 14.2. The largest absolute Gasteiger partial charge is 0.396 e. The molecule has 1 aromatic heterocycles. The summed E-state index contributed by atoms with van der Waals surface area (Å²) in [6, 6.07) is 0. The Morgan fingerprint density at radius 3 is 3.16 bits per heavy atom. The number of rotatable bonds is 6. The van der Waals surface area contributed by atoms with E-state index in [0.717, 1.165) is 31.2 Å². The van der Waals surface area contributed by atoms with Crippen molar-refractivity contribution in [3.8, 4) is 0 Å². The predicted octanol–water partition coefficient (Wildman–Crippen LogP) is 0.817. The van der Waals surface area contributed by atoms with Crippen LogP contribution in [0.3, 0.4) is 0 Å². The Bertz CT molecular complexity index is 430. The summed E-state index contributed by atoms with van der Waals surface area (Å²) in [4.78, 5) is 12.3. The highest BCUT2D eigenvalue weighted by molar-refractivity contribution is 7.08. The molecule has 0 bridgehead atoms. The van der Waals surface area contributed by atoms with Gasteiger partial charge in [0.2, 0.25) is 0 Å². The number of anilines is 1. The van der Waals surface area contributed by atoms with Crippen molar-refractivity contribution in [2.24, 2.45) is 5.92 Å². The van der Waals surface area contributed by atoms with E-state index >= 15 is 0 Å². The molecule has 3 N–H and O–H groups in total. The smallest absolute Gasteiger partial charge is 0.265 e. The summed E-state index contributed by atoms with van der Waals surface area (Å²) < 4.78 is 14.8. The van der Waals surface area contributed by atoms with Crippen LogP contribution in [0.2, 0.25) is 0 Å². The van der Waals surface area contributed by atoms with E-state index in [0.29, 0.717) is 41.9 Å². The third-order valence-electron chi connectivity index (χ3n) is 3.02. The van der Waals surface area contributed by atoms with Gasteiger partial charge in [0.25, 0.3) is 5.91 Å². The summed E-state index contributed by atoms with van der Waals surface area (Å²) in [5.41, 5.74) is 6.92. The van der Waals surface area contributed by atoms with Gasteiger partial charge in [0.05, 0.1) is 31.2 Å². The standard InChI is InChI=1S/C12H19N3O3S/c1-8-10(13)11(19-15-8)12(16)14-3-5-18-7-9-2-4-17-6-9/h9H,2-7,13H2,1H3,(H,14,16). The normalized spacial score (nSPS) is 18.7. The van der Waals surface area contributed by atoms with Crippen LogP contribution in [0.5, 0.6) is 0 Å². The second kappa shape index (κ2) is 6.83. The van der Waals surface area contributed by atoms with E-state index in [1.807, 2.05) is 0 Å². The fourth-order valence-electron chi connectivity index (χ4n) is 1.82. The molecule has 1 unspecified atom stereocenters. The molecule has 1 atom stereocenters. The Kier molecular flexibility index (Phi) is 5.12. The lowest BCUT2D eigenvalue weighted by molar-refractivity contribution is 0.0826. The van der Waals surface area contributed by atoms with Crippen LogP contribution in [0.4, 0.5) is 5.69 Å². The summed E-state index contributed by atoms with van der Waals surface area (Å²) >= 11 is 1.12. The number of amides is 1. The topological polar surface area (TPSA) is 86.5 Å². The quantitative estimate of drug-likeness (QED) is 0.756. The highest BCUT2D eigenvalue weighted by Gasteiger charge is 2.16. The molecule has 1 saturated heterocycles. The van der Waals surface area contributed by atoms with Crippen molar-refractivity contribution in [3.63, 3.8) is 0 Å². The lowest BCUT2D eigenvalue weighted by Crippen LogP contribution is -2.27. The molecule has 19 heavy (non-hydrogen) atoms. The predicted molar refractivity (Wildman–Crippen MR) is 73.3 cm³/mol. The Labute approximate surface area is 116 Å². The van der Waals surface area contributed by atoms with E-state index in [1.165, 1.54) is 0 Å². The summed E-state index contributed by atoms with van der Waals surface area (Å²) in [7, 11) is 0. The monoisotopic (exact) mass is 285 g/mol. The molecule has 0 aromatic carbocycles. The van der Waals surface area contributed by atoms with Gasteiger partial charge in [-0.2, -0.15) is 4.37 Å². The van der Waals surface area contributed by atoms with Crippen molar-refractivity contribution in [1.82, 2.24) is 9.69 Å². The molecule has 1 aromatic rings. The van der Waals surface area contributed by atoms with E-state index in [-0.39, 0.29) is 5.91 Å². The number of aryl methyl sites for hydroxylation is 1. The number of nitrogens with two attached hydrogens (primary N) is 1. The van der Waals surface area contributed by atoms with Crippen LogP contribution >= 0.6 is 11.5 Å². The van der Waals surface area contributed by atoms with Gasteiger partial charge in [0.1, 0.15) is 4.88 Å². The SMILES string of the molecule is Cc1nsc(C(=O)NCCOCC2CCOC2)c1N. The third-order valence-corrected chi connectivity index (χ3v) is 3.98. The molecule has 2 rings (SSSR count). The van der Waals surface area contributed by atoms with Crippen molar-refractivity contribution in [2.75, 3.05) is 38.7 Å². The third kappa shape index (κ3) is 3.89. The van der Waals surface area contributed by atoms with E-state index in [2.05, 4.69) is 9.69 Å². The van der Waals surface area contributed by atoms with Crippen molar-refractivity contribution in [2.45, 2.75) is 13.3 Å². The molecular formula is C12H19N3O3S. The van der Waals surface area contributed by atoms with E-state index < -0.39 is 0 Å². The first-order chi connectivity index (χ1) is 9.18. The van der Waals surface area contributed by atoms with Gasteiger partial charge in [0, 0.05) is 19.1 Å². The van der Waals surface area contributed by atoms with Gasteiger partial charge in [-0.15, -0.1) is 0 Å². The zero-order valence-electron chi connectivity index (χ0n) is 11.0. The van der Waals surface area contributed by atoms with Crippen LogP contribution in [-0.2, 0) is 9.47 Å². The molecule has 1 aliphatic rings. The Morgan fingerprint density at radius 2 is 2.53 bits per heavy atom. The Morgan fingerprint density at radius 1 is 1.68 bits per heavy atom. The minimum atomic E-state index is -0.184. The molecule has 0 radical (unpaired) electrons. The van der Waals surface area contributed by atoms with Crippen LogP contribution < -0.4 is 11.1 Å². The second-order valence-corrected chi connectivity index (χ2v) is 5.34. The number of nitrogens with one attached hydrogen (secondary N) is 1. The maximum atomic E-state index is 11.8. The number of hydrogen-bond acceptors (Lipinski definition) is 6. The fraction of sp³-hybridized carbons (Fsp3) is 0.667. The first-order valence-electron chi connectivity index (χ1n) is 6.34. The summed E-state index contributed by atoms with van der Waals surface area (Å²) in [5.74, 6) is 0.311. The van der Waals surface area contributed by atoms with Crippen molar-refractivity contribution in [3.05, 3.63) is 10.6 Å². The molecule has 1 fully saturated rings. The van der Waals surface area contributed by atoms with Crippen LogP contribution in [-0.4, -0.2) is 43.3 Å². The summed E-state index contributed by atoms with van der Waals surface area (Å²) in [6.45, 7) is 5.06. The Balaban J connectivity index is 1.62. The van der Waals surface area contributed by atoms with Crippen molar-refractivity contribution < 1.29 is 14.3 Å². The van der Waals surface area contributed by atoms with Gasteiger partial charge >= 0.3 is 0 Å². The zero-order chi connectivity index (χ0) is 13.7. The minimum Gasteiger partial charge on any atom is -0.396 e. The molecule has 7 heteroatoms. The highest BCUT2D eigenvalue weighted by atomic mass is 32.1. The number of aromatic nitrogens is 1. The van der Waals surface area contributed by atoms with Crippen molar-refractivity contribution >= 4 is 23.1 Å². The van der Waals surface area contributed by atoms with Gasteiger partial charge < -0.3 is 20.5 Å². The molecule has 1 amide bonds. The zero-order valence-corrected chi connectivity index (χ0v) is 11.8. The lowest BCUT2D eigenvalue weighted by atomic mass is 10.1. The van der Waals surface area contributed by atoms with Gasteiger partial charge in [-0.25, -0.2) is 0 Å². The maximum Gasteiger partial charge on any atom is 0.265 e. The van der Waals surface area contributed by atoms with E-state index in [1.54, 1.807) is 6.92 Å². The summed E-state index contributed by atoms with van der Waals surface area (Å²) in [6.07, 6.45) is 1.06.